The predicted molar refractivity (Wildman–Crippen MR) is 125 cm³/mol. The van der Waals surface area contributed by atoms with Crippen LogP contribution in [-0.2, 0) is 0 Å². The molecule has 4 rings (SSSR count). The number of benzene rings is 3. The summed E-state index contributed by atoms with van der Waals surface area (Å²) in [5.41, 5.74) is 2.47. The molecule has 0 saturated carbocycles. The summed E-state index contributed by atoms with van der Waals surface area (Å²) in [5.74, 6) is 2.09. The number of para-hydroxylation sites is 2. The lowest BCUT2D eigenvalue weighted by atomic mass is 10.0. The number of hydrogen-bond acceptors (Lipinski definition) is 5. The van der Waals surface area contributed by atoms with E-state index in [1.165, 1.54) is 0 Å². The Morgan fingerprint density at radius 3 is 2.44 bits per heavy atom. The van der Waals surface area contributed by atoms with Crippen LogP contribution in [0.1, 0.15) is 35.4 Å². The fraction of sp³-hybridized carbons (Fsp3) is 0.269. The summed E-state index contributed by atoms with van der Waals surface area (Å²) in [6.07, 6.45) is 0.591. The van der Waals surface area contributed by atoms with Crippen molar-refractivity contribution in [3.8, 4) is 17.2 Å². The Kier molecular flexibility index (Phi) is 6.80. The molecule has 1 unspecified atom stereocenters. The number of hydrogen-bond donors (Lipinski definition) is 1. The second kappa shape index (κ2) is 10.1. The van der Waals surface area contributed by atoms with Crippen molar-refractivity contribution in [1.29, 1.82) is 0 Å². The van der Waals surface area contributed by atoms with Crippen molar-refractivity contribution >= 4 is 11.6 Å². The van der Waals surface area contributed by atoms with Gasteiger partial charge >= 0.3 is 0 Å². The fourth-order valence-corrected chi connectivity index (χ4v) is 3.83. The minimum atomic E-state index is -0.276. The number of nitrogens with one attached hydrogen (secondary N) is 1. The van der Waals surface area contributed by atoms with Crippen molar-refractivity contribution in [2.75, 3.05) is 32.2 Å². The Balaban J connectivity index is 1.49. The highest BCUT2D eigenvalue weighted by molar-refractivity contribution is 6.01. The summed E-state index contributed by atoms with van der Waals surface area (Å²) in [6.45, 7) is 3.54. The maximum atomic E-state index is 13.1. The molecule has 6 nitrogen and oxygen atoms in total. The highest BCUT2D eigenvalue weighted by atomic mass is 16.5. The zero-order chi connectivity index (χ0) is 22.3. The SMILES string of the molecule is CCCN1C(=O)c2ccccc2NC1c1ccc(OCCOc2ccccc2)c(OC)c1. The van der Waals surface area contributed by atoms with Gasteiger partial charge in [0.25, 0.3) is 5.91 Å². The van der Waals surface area contributed by atoms with Crippen LogP contribution in [0.5, 0.6) is 17.2 Å². The number of carbonyl (C=O) groups excluding carboxylic acids is 1. The van der Waals surface area contributed by atoms with Crippen LogP contribution >= 0.6 is 0 Å². The summed E-state index contributed by atoms with van der Waals surface area (Å²) in [5, 5.41) is 3.51. The smallest absolute Gasteiger partial charge is 0.257 e. The van der Waals surface area contributed by atoms with Gasteiger partial charge in [0.1, 0.15) is 25.1 Å². The number of amides is 1. The molecule has 1 heterocycles. The maximum Gasteiger partial charge on any atom is 0.257 e. The lowest BCUT2D eigenvalue weighted by Crippen LogP contribution is -2.43. The van der Waals surface area contributed by atoms with Gasteiger partial charge in [0, 0.05) is 12.2 Å². The van der Waals surface area contributed by atoms with Gasteiger partial charge in [-0.15, -0.1) is 0 Å². The monoisotopic (exact) mass is 432 g/mol. The number of carbonyl (C=O) groups is 1. The zero-order valence-corrected chi connectivity index (χ0v) is 18.4. The summed E-state index contributed by atoms with van der Waals surface area (Å²) in [7, 11) is 1.62. The summed E-state index contributed by atoms with van der Waals surface area (Å²) < 4.78 is 17.2. The van der Waals surface area contributed by atoms with E-state index >= 15 is 0 Å². The van der Waals surface area contributed by atoms with Crippen molar-refractivity contribution in [3.63, 3.8) is 0 Å². The highest BCUT2D eigenvalue weighted by Gasteiger charge is 2.32. The molecule has 1 N–H and O–H groups in total. The van der Waals surface area contributed by atoms with Gasteiger partial charge in [-0.2, -0.15) is 0 Å². The van der Waals surface area contributed by atoms with Crippen LogP contribution in [-0.4, -0.2) is 37.7 Å². The van der Waals surface area contributed by atoms with Crippen molar-refractivity contribution in [3.05, 3.63) is 83.9 Å². The molecule has 0 bridgehead atoms. The Bertz CT molecular complexity index is 1050. The molecule has 0 radical (unpaired) electrons. The molecule has 0 fully saturated rings. The summed E-state index contributed by atoms with van der Waals surface area (Å²) in [4.78, 5) is 15.0. The largest absolute Gasteiger partial charge is 0.493 e. The van der Waals surface area contributed by atoms with Gasteiger partial charge in [-0.05, 0) is 48.4 Å². The Morgan fingerprint density at radius 2 is 1.66 bits per heavy atom. The fourth-order valence-electron chi connectivity index (χ4n) is 3.83. The van der Waals surface area contributed by atoms with E-state index in [0.717, 1.165) is 23.4 Å². The lowest BCUT2D eigenvalue weighted by Gasteiger charge is -2.38. The summed E-state index contributed by atoms with van der Waals surface area (Å²) >= 11 is 0. The first-order chi connectivity index (χ1) is 15.7. The average Bonchev–Trinajstić information content (AvgIpc) is 2.84. The molecule has 0 saturated heterocycles. The number of fused-ring (bicyclic) bond motifs is 1. The van der Waals surface area contributed by atoms with Crippen molar-refractivity contribution in [2.24, 2.45) is 0 Å². The van der Waals surface area contributed by atoms with Crippen LogP contribution in [0.2, 0.25) is 0 Å². The normalized spacial score (nSPS) is 15.0. The van der Waals surface area contributed by atoms with Gasteiger partial charge in [0.2, 0.25) is 0 Å². The van der Waals surface area contributed by atoms with Crippen molar-refractivity contribution in [2.45, 2.75) is 19.5 Å². The Morgan fingerprint density at radius 1 is 0.906 bits per heavy atom. The molecule has 1 aliphatic heterocycles. The quantitative estimate of drug-likeness (QED) is 0.475. The molecule has 1 amide bonds. The maximum absolute atomic E-state index is 13.1. The van der Waals surface area contributed by atoms with E-state index in [4.69, 9.17) is 14.2 Å². The van der Waals surface area contributed by atoms with Crippen molar-refractivity contribution < 1.29 is 19.0 Å². The number of ether oxygens (including phenoxy) is 3. The zero-order valence-electron chi connectivity index (χ0n) is 18.4. The van der Waals surface area contributed by atoms with E-state index in [2.05, 4.69) is 12.2 Å². The van der Waals surface area contributed by atoms with Gasteiger partial charge in [-0.3, -0.25) is 4.79 Å². The number of nitrogens with zero attached hydrogens (tertiary/aromatic N) is 1. The topological polar surface area (TPSA) is 60.0 Å². The summed E-state index contributed by atoms with van der Waals surface area (Å²) in [6, 6.07) is 23.0. The second-order valence-electron chi connectivity index (χ2n) is 7.51. The van der Waals surface area contributed by atoms with Crippen LogP contribution in [0.3, 0.4) is 0 Å². The van der Waals surface area contributed by atoms with Crippen LogP contribution in [0.15, 0.2) is 72.8 Å². The van der Waals surface area contributed by atoms with Crippen molar-refractivity contribution in [1.82, 2.24) is 4.90 Å². The molecule has 32 heavy (non-hydrogen) atoms. The predicted octanol–water partition coefficient (Wildman–Crippen LogP) is 5.13. The van der Waals surface area contributed by atoms with E-state index in [0.29, 0.717) is 36.8 Å². The minimum absolute atomic E-state index is 0.0311. The van der Waals surface area contributed by atoms with Gasteiger partial charge in [0.15, 0.2) is 11.5 Å². The van der Waals surface area contributed by atoms with E-state index in [9.17, 15) is 4.79 Å². The van der Waals surface area contributed by atoms with Gasteiger partial charge in [-0.1, -0.05) is 43.3 Å². The molecule has 0 spiro atoms. The first-order valence-electron chi connectivity index (χ1n) is 10.9. The molecular formula is C26H28N2O4. The second-order valence-corrected chi connectivity index (χ2v) is 7.51. The van der Waals surface area contributed by atoms with E-state index in [-0.39, 0.29) is 12.1 Å². The first-order valence-corrected chi connectivity index (χ1v) is 10.9. The number of anilines is 1. The van der Waals surface area contributed by atoms with Crippen LogP contribution in [0, 0.1) is 0 Å². The Hall–Kier alpha value is -3.67. The third kappa shape index (κ3) is 4.64. The minimum Gasteiger partial charge on any atom is -0.493 e. The molecule has 6 heteroatoms. The van der Waals surface area contributed by atoms with E-state index in [1.54, 1.807) is 7.11 Å². The molecule has 0 aromatic heterocycles. The lowest BCUT2D eigenvalue weighted by molar-refractivity contribution is 0.0683. The van der Waals surface area contributed by atoms with Crippen LogP contribution < -0.4 is 19.5 Å². The third-order valence-electron chi connectivity index (χ3n) is 5.34. The van der Waals surface area contributed by atoms with Crippen LogP contribution in [0.25, 0.3) is 0 Å². The Labute approximate surface area is 188 Å². The van der Waals surface area contributed by atoms with Gasteiger partial charge < -0.3 is 24.4 Å². The average molecular weight is 433 g/mol. The van der Waals surface area contributed by atoms with Gasteiger partial charge in [0.05, 0.1) is 12.7 Å². The standard InChI is InChI=1S/C26H28N2O4/c1-3-15-28-25(27-22-12-8-7-11-21(22)26(28)29)19-13-14-23(24(18-19)30-2)32-17-16-31-20-9-5-4-6-10-20/h4-14,18,25,27H,3,15-17H2,1-2H3. The highest BCUT2D eigenvalue weighted by Crippen LogP contribution is 2.37. The molecule has 166 valence electrons. The number of methoxy groups -OCH3 is 1. The van der Waals surface area contributed by atoms with E-state index < -0.39 is 0 Å². The van der Waals surface area contributed by atoms with Gasteiger partial charge in [-0.25, -0.2) is 0 Å². The molecule has 3 aromatic rings. The molecule has 1 atom stereocenters. The molecule has 0 aliphatic carbocycles. The van der Waals surface area contributed by atoms with Crippen LogP contribution in [0.4, 0.5) is 5.69 Å². The van der Waals surface area contributed by atoms with E-state index in [1.807, 2.05) is 77.7 Å². The molecule has 3 aromatic carbocycles. The molecular weight excluding hydrogens is 404 g/mol. The molecule has 1 aliphatic rings. The first kappa shape index (κ1) is 21.6. The number of rotatable bonds is 9. The third-order valence-corrected chi connectivity index (χ3v) is 5.34.